The highest BCUT2D eigenvalue weighted by molar-refractivity contribution is 6.23. The average molecular weight is 747 g/mol. The Bertz CT molecular complexity index is 2240. The molecular weight excluding hydrogens is 704 g/mol. The van der Waals surface area contributed by atoms with E-state index in [4.69, 9.17) is 4.74 Å². The van der Waals surface area contributed by atoms with Crippen LogP contribution in [0.1, 0.15) is 87.8 Å². The lowest BCUT2D eigenvalue weighted by atomic mass is 9.92. The maximum atomic E-state index is 13.2. The summed E-state index contributed by atoms with van der Waals surface area (Å²) in [5.74, 6) is -1.97. The summed E-state index contributed by atoms with van der Waals surface area (Å²) < 4.78 is 6.20. The van der Waals surface area contributed by atoms with Crippen LogP contribution in [0.3, 0.4) is 0 Å². The summed E-state index contributed by atoms with van der Waals surface area (Å²) >= 11 is 0. The standard InChI is InChI=1S/C40H42N8O7/c1-2-24-18-32-33(44-36(24)50)17-23(20-41-32)22-46-13-15-47(16-14-46)26-5-10-31(42-21-26)37(51)43-25-3-6-27(7-4-25)55-28-8-9-29-30(19-28)40(54)48(39(29)53)34-11-12-35(49)45-38(34)52/h5,8-10,17-21,25,27,34H,2-4,6-7,11-16,22H2,1H3,(H,43,51)(H,44,50)(H,45,49,52). The van der Waals surface area contributed by atoms with Crippen LogP contribution in [0.2, 0.25) is 0 Å². The van der Waals surface area contributed by atoms with E-state index in [1.165, 1.54) is 0 Å². The van der Waals surface area contributed by atoms with Crippen LogP contribution >= 0.6 is 0 Å². The predicted molar refractivity (Wildman–Crippen MR) is 201 cm³/mol. The lowest BCUT2D eigenvalue weighted by Gasteiger charge is -2.36. The van der Waals surface area contributed by atoms with E-state index in [2.05, 4.69) is 35.4 Å². The van der Waals surface area contributed by atoms with Crippen molar-refractivity contribution in [3.05, 3.63) is 93.2 Å². The molecule has 0 spiro atoms. The summed E-state index contributed by atoms with van der Waals surface area (Å²) in [7, 11) is 0. The smallest absolute Gasteiger partial charge is 0.270 e. The highest BCUT2D eigenvalue weighted by Gasteiger charge is 2.44. The van der Waals surface area contributed by atoms with E-state index in [9.17, 15) is 28.8 Å². The molecule has 1 aromatic carbocycles. The zero-order valence-corrected chi connectivity index (χ0v) is 30.5. The van der Waals surface area contributed by atoms with Crippen molar-refractivity contribution in [2.75, 3.05) is 31.1 Å². The molecule has 2 saturated heterocycles. The number of nitrogens with one attached hydrogen (secondary N) is 3. The highest BCUT2D eigenvalue weighted by Crippen LogP contribution is 2.32. The number of rotatable bonds is 9. The molecule has 3 N–H and O–H groups in total. The van der Waals surface area contributed by atoms with Gasteiger partial charge < -0.3 is 19.9 Å². The van der Waals surface area contributed by atoms with Crippen LogP contribution in [-0.2, 0) is 22.6 Å². The van der Waals surface area contributed by atoms with E-state index in [1.54, 1.807) is 30.5 Å². The minimum absolute atomic E-state index is 0.0323. The first kappa shape index (κ1) is 36.0. The van der Waals surface area contributed by atoms with Crippen molar-refractivity contribution in [3.63, 3.8) is 0 Å². The minimum atomic E-state index is -1.02. The molecule has 284 valence electrons. The molecule has 1 aliphatic carbocycles. The van der Waals surface area contributed by atoms with Gasteiger partial charge in [0.05, 0.1) is 40.1 Å². The highest BCUT2D eigenvalue weighted by atomic mass is 16.5. The Labute approximate surface area is 316 Å². The average Bonchev–Trinajstić information content (AvgIpc) is 3.43. The lowest BCUT2D eigenvalue weighted by Crippen LogP contribution is -2.54. The molecule has 15 nitrogen and oxygen atoms in total. The monoisotopic (exact) mass is 746 g/mol. The number of aryl methyl sites for hydroxylation is 1. The number of piperazine rings is 1. The van der Waals surface area contributed by atoms with Crippen LogP contribution in [0.4, 0.5) is 5.69 Å². The number of carbonyl (C=O) groups excluding carboxylic acids is 5. The van der Waals surface area contributed by atoms with Gasteiger partial charge in [-0.2, -0.15) is 0 Å². The van der Waals surface area contributed by atoms with Crippen LogP contribution < -0.4 is 25.8 Å². The topological polar surface area (TPSA) is 187 Å². The van der Waals surface area contributed by atoms with Crippen molar-refractivity contribution < 1.29 is 28.7 Å². The van der Waals surface area contributed by atoms with E-state index in [0.717, 1.165) is 65.5 Å². The molecule has 4 aliphatic rings. The second-order valence-electron chi connectivity index (χ2n) is 14.6. The number of nitrogens with zero attached hydrogens (tertiary/aromatic N) is 5. The number of hydrogen-bond acceptors (Lipinski definition) is 11. The molecule has 6 heterocycles. The fourth-order valence-corrected chi connectivity index (χ4v) is 7.95. The molecule has 1 atom stereocenters. The van der Waals surface area contributed by atoms with Crippen molar-refractivity contribution >= 4 is 46.3 Å². The van der Waals surface area contributed by atoms with Gasteiger partial charge in [0.25, 0.3) is 23.3 Å². The fraction of sp³-hybridized carbons (Fsp3) is 0.400. The molecule has 3 fully saturated rings. The third-order valence-corrected chi connectivity index (χ3v) is 11.1. The Hall–Kier alpha value is -5.96. The number of piperidine rings is 1. The first-order valence-electron chi connectivity index (χ1n) is 18.9. The normalized spacial score (nSPS) is 21.8. The van der Waals surface area contributed by atoms with Crippen molar-refractivity contribution in [1.82, 2.24) is 35.4 Å². The third kappa shape index (κ3) is 7.43. The van der Waals surface area contributed by atoms with Gasteiger partial charge in [-0.3, -0.25) is 48.9 Å². The molecule has 5 amide bonds. The zero-order chi connectivity index (χ0) is 38.2. The van der Waals surface area contributed by atoms with Crippen molar-refractivity contribution in [3.8, 4) is 5.75 Å². The molecule has 3 aliphatic heterocycles. The van der Waals surface area contributed by atoms with E-state index in [-0.39, 0.29) is 47.6 Å². The largest absolute Gasteiger partial charge is 0.490 e. The van der Waals surface area contributed by atoms with Crippen molar-refractivity contribution in [2.24, 2.45) is 0 Å². The van der Waals surface area contributed by atoms with Crippen LogP contribution in [0, 0.1) is 0 Å². The first-order chi connectivity index (χ1) is 26.6. The van der Waals surface area contributed by atoms with Crippen LogP contribution in [0.5, 0.6) is 5.75 Å². The third-order valence-electron chi connectivity index (χ3n) is 11.1. The molecule has 55 heavy (non-hydrogen) atoms. The summed E-state index contributed by atoms with van der Waals surface area (Å²) in [6, 6.07) is 11.3. The van der Waals surface area contributed by atoms with Gasteiger partial charge in [0.15, 0.2) is 0 Å². The molecule has 3 aromatic heterocycles. The Morgan fingerprint density at radius 3 is 2.38 bits per heavy atom. The van der Waals surface area contributed by atoms with Gasteiger partial charge in [-0.15, -0.1) is 0 Å². The van der Waals surface area contributed by atoms with Crippen molar-refractivity contribution in [1.29, 1.82) is 0 Å². The summed E-state index contributed by atoms with van der Waals surface area (Å²) in [5.41, 5.74) is 4.98. The molecule has 15 heteroatoms. The second-order valence-corrected chi connectivity index (χ2v) is 14.6. The molecule has 0 radical (unpaired) electrons. The Kier molecular flexibility index (Phi) is 9.86. The molecule has 1 unspecified atom stereocenters. The number of ether oxygens (including phenoxy) is 1. The van der Waals surface area contributed by atoms with Gasteiger partial charge in [-0.1, -0.05) is 6.92 Å². The number of aromatic amines is 1. The van der Waals surface area contributed by atoms with Gasteiger partial charge in [-0.05, 0) is 86.6 Å². The van der Waals surface area contributed by atoms with Crippen LogP contribution in [0.15, 0.2) is 59.7 Å². The van der Waals surface area contributed by atoms with Gasteiger partial charge in [0.1, 0.15) is 17.5 Å². The lowest BCUT2D eigenvalue weighted by molar-refractivity contribution is -0.136. The summed E-state index contributed by atoms with van der Waals surface area (Å²) in [5, 5.41) is 5.31. The van der Waals surface area contributed by atoms with Gasteiger partial charge >= 0.3 is 0 Å². The number of amides is 5. The van der Waals surface area contributed by atoms with Crippen LogP contribution in [0.25, 0.3) is 11.0 Å². The van der Waals surface area contributed by atoms with Gasteiger partial charge in [-0.25, -0.2) is 4.98 Å². The van der Waals surface area contributed by atoms with E-state index >= 15 is 0 Å². The van der Waals surface area contributed by atoms with Crippen molar-refractivity contribution in [2.45, 2.75) is 76.6 Å². The van der Waals surface area contributed by atoms with Crippen LogP contribution in [-0.4, -0.2) is 98.7 Å². The van der Waals surface area contributed by atoms with Gasteiger partial charge in [0, 0.05) is 56.9 Å². The number of fused-ring (bicyclic) bond motifs is 2. The first-order valence-corrected chi connectivity index (χ1v) is 18.9. The zero-order valence-electron chi connectivity index (χ0n) is 30.5. The molecular formula is C40H42N8O7. The second kappa shape index (κ2) is 15.1. The van der Waals surface area contributed by atoms with E-state index in [1.807, 2.05) is 31.3 Å². The number of H-pyrrole nitrogens is 1. The Morgan fingerprint density at radius 2 is 1.65 bits per heavy atom. The summed E-state index contributed by atoms with van der Waals surface area (Å²) in [6.45, 7) is 6.04. The van der Waals surface area contributed by atoms with E-state index in [0.29, 0.717) is 43.5 Å². The predicted octanol–water partition coefficient (Wildman–Crippen LogP) is 2.72. The summed E-state index contributed by atoms with van der Waals surface area (Å²) in [4.78, 5) is 93.1. The maximum Gasteiger partial charge on any atom is 0.270 e. The van der Waals surface area contributed by atoms with E-state index < -0.39 is 29.7 Å². The number of aromatic nitrogens is 3. The molecule has 1 saturated carbocycles. The quantitative estimate of drug-likeness (QED) is 0.214. The van der Waals surface area contributed by atoms with Gasteiger partial charge in [0.2, 0.25) is 11.8 Å². The number of imide groups is 2. The molecule has 4 aromatic rings. The molecule has 0 bridgehead atoms. The SMILES string of the molecule is CCc1cc2ncc(CN3CCN(c4ccc(C(=O)NC5CCC(Oc6ccc7c(c6)C(=O)N(C6CCC(=O)NC6=O)C7=O)CC5)nc4)CC3)cc2[nH]c1=O. The Balaban J connectivity index is 0.788. The molecule has 8 rings (SSSR count). The number of anilines is 1. The minimum Gasteiger partial charge on any atom is -0.490 e. The Morgan fingerprint density at radius 1 is 0.873 bits per heavy atom. The summed E-state index contributed by atoms with van der Waals surface area (Å²) in [6.07, 6.45) is 7.11. The number of benzene rings is 1. The number of pyridine rings is 3. The number of hydrogen-bond donors (Lipinski definition) is 3. The number of carbonyl (C=O) groups is 5. The fourth-order valence-electron chi connectivity index (χ4n) is 7.95. The maximum absolute atomic E-state index is 13.2.